The first kappa shape index (κ1) is 42.2. The molecule has 11 aromatic rings. The monoisotopic (exact) mass is 1030 g/mol. The average Bonchev–Trinajstić information content (AvgIpc) is 3.92. The predicted molar refractivity (Wildman–Crippen MR) is 258 cm³/mol. The molecule has 313 valence electrons. The Morgan fingerprint density at radius 2 is 1.27 bits per heavy atom. The van der Waals surface area contributed by atoms with Crippen molar-refractivity contribution < 1.29 is 28.9 Å². The van der Waals surface area contributed by atoms with Crippen molar-refractivity contribution in [2.75, 3.05) is 0 Å². The number of fused-ring (bicyclic) bond motifs is 4. The van der Waals surface area contributed by atoms with Crippen molar-refractivity contribution in [3.8, 4) is 61.7 Å². The van der Waals surface area contributed by atoms with E-state index < -0.39 is 8.07 Å². The van der Waals surface area contributed by atoms with Gasteiger partial charge in [-0.15, -0.1) is 48.0 Å². The van der Waals surface area contributed by atoms with Crippen LogP contribution in [-0.2, 0) is 20.1 Å². The van der Waals surface area contributed by atoms with Crippen LogP contribution in [0.2, 0.25) is 19.6 Å². The Hall–Kier alpha value is -7.09. The number of hydrogen-bond acceptors (Lipinski definition) is 4. The van der Waals surface area contributed by atoms with E-state index in [1.165, 1.54) is 17.3 Å². The number of pyridine rings is 2. The molecule has 5 nitrogen and oxygen atoms in total. The molecule has 64 heavy (non-hydrogen) atoms. The van der Waals surface area contributed by atoms with Gasteiger partial charge in [0, 0.05) is 43.7 Å². The van der Waals surface area contributed by atoms with E-state index in [9.17, 15) is 4.39 Å². The minimum Gasteiger partial charge on any atom is -0.499 e. The molecule has 4 heterocycles. The Labute approximate surface area is 386 Å². The fraction of sp³-hybridized carbons (Fsp3) is 0.0536. The van der Waals surface area contributed by atoms with E-state index in [4.69, 9.17) is 14.4 Å². The Bertz CT molecular complexity index is 3350. The van der Waals surface area contributed by atoms with Crippen molar-refractivity contribution >= 4 is 46.4 Å². The Morgan fingerprint density at radius 1 is 0.609 bits per heavy atom. The van der Waals surface area contributed by atoms with Crippen LogP contribution < -0.4 is 5.19 Å². The van der Waals surface area contributed by atoms with E-state index in [1.807, 2.05) is 103 Å². The minimum atomic E-state index is -1.23. The number of rotatable bonds is 7. The van der Waals surface area contributed by atoms with E-state index in [0.717, 1.165) is 72.3 Å². The van der Waals surface area contributed by atoms with Crippen LogP contribution in [0.4, 0.5) is 4.39 Å². The summed E-state index contributed by atoms with van der Waals surface area (Å²) in [4.78, 5) is 14.6. The second-order valence-electron chi connectivity index (χ2n) is 16.5. The molecule has 0 fully saturated rings. The molecule has 0 N–H and O–H groups in total. The second kappa shape index (κ2) is 17.9. The number of nitrogens with zero attached hydrogens (tertiary/aromatic N) is 4. The maximum Gasteiger partial charge on any atom is 0.140 e. The second-order valence-corrected chi connectivity index (χ2v) is 21.5. The summed E-state index contributed by atoms with van der Waals surface area (Å²) in [5.41, 5.74) is 13.6. The van der Waals surface area contributed by atoms with Gasteiger partial charge in [0.15, 0.2) is 0 Å². The molecule has 0 saturated heterocycles. The first-order valence-electron chi connectivity index (χ1n) is 20.9. The van der Waals surface area contributed by atoms with Gasteiger partial charge in [-0.05, 0) is 75.4 Å². The van der Waals surface area contributed by atoms with Crippen LogP contribution in [0.3, 0.4) is 0 Å². The molecular weight excluding hydrogens is 984 g/mol. The molecule has 0 bridgehead atoms. The van der Waals surface area contributed by atoms with Gasteiger partial charge < -0.3 is 14.0 Å². The van der Waals surface area contributed by atoms with E-state index in [1.54, 1.807) is 12.1 Å². The Kier molecular flexibility index (Phi) is 11.8. The third-order valence-corrected chi connectivity index (χ3v) is 13.3. The van der Waals surface area contributed by atoms with Gasteiger partial charge in [-0.1, -0.05) is 146 Å². The zero-order chi connectivity index (χ0) is 42.9. The summed E-state index contributed by atoms with van der Waals surface area (Å²) in [6, 6.07) is 66.5. The van der Waals surface area contributed by atoms with Gasteiger partial charge >= 0.3 is 0 Å². The van der Waals surface area contributed by atoms with Crippen molar-refractivity contribution in [1.29, 1.82) is 0 Å². The molecule has 0 aliphatic heterocycles. The molecule has 7 aromatic carbocycles. The van der Waals surface area contributed by atoms with Gasteiger partial charge in [0.1, 0.15) is 11.4 Å². The zero-order valence-electron chi connectivity index (χ0n) is 35.4. The summed E-state index contributed by atoms with van der Waals surface area (Å²) in [5.74, 6) is 0.414. The van der Waals surface area contributed by atoms with Crippen LogP contribution in [0.1, 0.15) is 0 Å². The van der Waals surface area contributed by atoms with Crippen LogP contribution in [0.5, 0.6) is 0 Å². The van der Waals surface area contributed by atoms with E-state index >= 15 is 0 Å². The van der Waals surface area contributed by atoms with Crippen molar-refractivity contribution in [3.05, 3.63) is 212 Å². The first-order chi connectivity index (χ1) is 30.8. The number of furan rings is 1. The number of hydrogen-bond donors (Lipinski definition) is 0. The summed E-state index contributed by atoms with van der Waals surface area (Å²) >= 11 is 0. The van der Waals surface area contributed by atoms with Crippen LogP contribution in [0.15, 0.2) is 199 Å². The van der Waals surface area contributed by atoms with Gasteiger partial charge in [0.05, 0.1) is 36.0 Å². The maximum atomic E-state index is 14.0. The number of benzene rings is 7. The third-order valence-electron chi connectivity index (χ3n) is 11.3. The molecule has 0 atom stereocenters. The predicted octanol–water partition coefficient (Wildman–Crippen LogP) is 14.0. The fourth-order valence-corrected chi connectivity index (χ4v) is 8.97. The quantitative estimate of drug-likeness (QED) is 0.118. The van der Waals surface area contributed by atoms with Crippen molar-refractivity contribution in [2.24, 2.45) is 0 Å². The number of para-hydroxylation sites is 2. The SMILES string of the molecule is C[Si](C)(C)c1ccc(-c2[c-]cccc2)nc1.Fc1ccc(-c2c[c-]c(-c3nc4ccccc4n3-c3ccc(-c4ccccc4)cc3)c3oc4cc(-c5ccccc5)cnc4c23)cc1.[Ir]. The Morgan fingerprint density at radius 3 is 1.94 bits per heavy atom. The molecule has 1 radical (unpaired) electrons. The minimum absolute atomic E-state index is 0. The molecule has 0 aliphatic rings. The molecule has 0 spiro atoms. The standard InChI is InChI=1S/C42H25FN3O.C14H16NSi.Ir/c43-32-19-15-30(16-20-32)34-23-24-35(41-39(34)40-38(47-41)25-31(26-44-40)28-11-5-2-6-12-28)42-45-36-13-7-8-14-37(36)46(42)33-21-17-29(18-22-33)27-9-3-1-4-10-27;1-16(2,3)13-9-10-14(15-11-13)12-7-5-4-6-8-12;/h1-23,25-26H;4-7,9-11H,1-3H3;/q2*-1;. The van der Waals surface area contributed by atoms with Crippen LogP contribution in [0, 0.1) is 17.9 Å². The van der Waals surface area contributed by atoms with Crippen molar-refractivity contribution in [3.63, 3.8) is 0 Å². The summed E-state index contributed by atoms with van der Waals surface area (Å²) in [7, 11) is -1.23. The molecule has 4 aromatic heterocycles. The zero-order valence-corrected chi connectivity index (χ0v) is 38.8. The van der Waals surface area contributed by atoms with E-state index in [0.29, 0.717) is 22.6 Å². The topological polar surface area (TPSA) is 56.7 Å². The normalized spacial score (nSPS) is 11.3. The fourth-order valence-electron chi connectivity index (χ4n) is 7.94. The van der Waals surface area contributed by atoms with E-state index in [2.05, 4.69) is 108 Å². The Balaban J connectivity index is 0.000000258. The summed E-state index contributed by atoms with van der Waals surface area (Å²) in [5, 5.41) is 2.23. The largest absolute Gasteiger partial charge is 0.499 e. The van der Waals surface area contributed by atoms with Crippen LogP contribution >= 0.6 is 0 Å². The molecular formula is C56H41FIrN4OSi-2. The summed E-state index contributed by atoms with van der Waals surface area (Å²) in [6.07, 6.45) is 3.89. The van der Waals surface area contributed by atoms with Crippen LogP contribution in [-0.4, -0.2) is 27.6 Å². The molecule has 8 heteroatoms. The molecule has 0 aliphatic carbocycles. The van der Waals surface area contributed by atoms with Crippen LogP contribution in [0.25, 0.3) is 94.8 Å². The summed E-state index contributed by atoms with van der Waals surface area (Å²) < 4.78 is 22.9. The molecule has 11 rings (SSSR count). The molecule has 0 amide bonds. The summed E-state index contributed by atoms with van der Waals surface area (Å²) in [6.45, 7) is 7.00. The number of halogens is 1. The van der Waals surface area contributed by atoms with Gasteiger partial charge in [-0.3, -0.25) is 9.97 Å². The smallest absolute Gasteiger partial charge is 0.140 e. The number of imidazole rings is 1. The molecule has 0 saturated carbocycles. The van der Waals surface area contributed by atoms with Gasteiger partial charge in [0.2, 0.25) is 0 Å². The van der Waals surface area contributed by atoms with Gasteiger partial charge in [-0.25, -0.2) is 4.39 Å². The first-order valence-corrected chi connectivity index (χ1v) is 24.4. The number of aromatic nitrogens is 4. The van der Waals surface area contributed by atoms with Gasteiger partial charge in [-0.2, -0.15) is 0 Å². The third kappa shape index (κ3) is 8.39. The average molecular weight is 1030 g/mol. The maximum absolute atomic E-state index is 14.0. The van der Waals surface area contributed by atoms with E-state index in [-0.39, 0.29) is 25.9 Å². The van der Waals surface area contributed by atoms with Crippen molar-refractivity contribution in [1.82, 2.24) is 19.5 Å². The molecule has 0 unspecified atom stereocenters. The van der Waals surface area contributed by atoms with Gasteiger partial charge in [0.25, 0.3) is 0 Å². The van der Waals surface area contributed by atoms with Crippen molar-refractivity contribution in [2.45, 2.75) is 19.6 Å².